The fourth-order valence-corrected chi connectivity index (χ4v) is 4.32. The monoisotopic (exact) mass is 385 g/mol. The minimum atomic E-state index is -0.376. The quantitative estimate of drug-likeness (QED) is 0.593. The molecule has 2 amide bonds. The number of nitrogens with one attached hydrogen (secondary N) is 2. The van der Waals surface area contributed by atoms with E-state index >= 15 is 0 Å². The molecule has 0 radical (unpaired) electrons. The molecule has 1 aliphatic heterocycles. The van der Waals surface area contributed by atoms with Gasteiger partial charge in [0.25, 0.3) is 0 Å². The van der Waals surface area contributed by atoms with E-state index in [1.54, 1.807) is 11.9 Å². The molecule has 1 saturated carbocycles. The molecule has 152 valence electrons. The molecule has 2 N–H and O–H groups in total. The summed E-state index contributed by atoms with van der Waals surface area (Å²) in [5, 5.41) is 6.38. The second kappa shape index (κ2) is 8.63. The number of amides is 2. The Hall–Kier alpha value is -2.57. The van der Waals surface area contributed by atoms with Crippen LogP contribution in [-0.2, 0) is 16.0 Å². The highest BCUT2D eigenvalue weighted by Gasteiger charge is 2.42. The third-order valence-corrected chi connectivity index (χ3v) is 5.83. The highest BCUT2D eigenvalue weighted by atomic mass is 16.2. The van der Waals surface area contributed by atoms with Crippen molar-refractivity contribution in [2.45, 2.75) is 32.1 Å². The summed E-state index contributed by atoms with van der Waals surface area (Å²) >= 11 is 0. The highest BCUT2D eigenvalue weighted by Crippen LogP contribution is 2.38. The first kappa shape index (κ1) is 20.2. The van der Waals surface area contributed by atoms with E-state index in [9.17, 15) is 9.59 Å². The normalized spacial score (nSPS) is 18.0. The molecule has 1 heterocycles. The average Bonchev–Trinajstić information content (AvgIpc) is 3.35. The Morgan fingerprint density at radius 1 is 1.18 bits per heavy atom. The van der Waals surface area contributed by atoms with E-state index in [2.05, 4.69) is 21.7 Å². The first-order chi connectivity index (χ1) is 13.5. The number of hydrogen-bond donors (Lipinski definition) is 2. The van der Waals surface area contributed by atoms with Crippen molar-refractivity contribution in [1.29, 1.82) is 0 Å². The molecule has 2 aliphatic rings. The molecule has 1 fully saturated rings. The van der Waals surface area contributed by atoms with Gasteiger partial charge < -0.3 is 20.4 Å². The number of rotatable bonds is 5. The van der Waals surface area contributed by atoms with Gasteiger partial charge in [-0.25, -0.2) is 0 Å². The molecule has 0 aromatic heterocycles. The second-order valence-electron chi connectivity index (χ2n) is 7.89. The SMILES string of the molecule is CN=C(NCC(=O)N1CCc2ccccc21)NCC1(C(=O)N(C)C)CCCC1. The van der Waals surface area contributed by atoms with Crippen LogP contribution in [-0.4, -0.2) is 63.5 Å². The van der Waals surface area contributed by atoms with Crippen LogP contribution in [0, 0.1) is 5.41 Å². The fourth-order valence-electron chi connectivity index (χ4n) is 4.32. The molecule has 7 heteroatoms. The van der Waals surface area contributed by atoms with Crippen LogP contribution in [0.2, 0.25) is 0 Å². The molecule has 28 heavy (non-hydrogen) atoms. The summed E-state index contributed by atoms with van der Waals surface area (Å²) in [5.74, 6) is 0.740. The van der Waals surface area contributed by atoms with Gasteiger partial charge in [-0.3, -0.25) is 14.6 Å². The number of nitrogens with zero attached hydrogens (tertiary/aromatic N) is 3. The maximum Gasteiger partial charge on any atom is 0.246 e. The van der Waals surface area contributed by atoms with E-state index in [0.29, 0.717) is 19.0 Å². The molecule has 3 rings (SSSR count). The van der Waals surface area contributed by atoms with E-state index in [4.69, 9.17) is 0 Å². The summed E-state index contributed by atoms with van der Waals surface area (Å²) in [4.78, 5) is 33.1. The molecular weight excluding hydrogens is 354 g/mol. The van der Waals surface area contributed by atoms with Crippen molar-refractivity contribution >= 4 is 23.5 Å². The lowest BCUT2D eigenvalue weighted by molar-refractivity contribution is -0.138. The lowest BCUT2D eigenvalue weighted by Crippen LogP contribution is -2.50. The Balaban J connectivity index is 1.55. The molecule has 7 nitrogen and oxygen atoms in total. The third kappa shape index (κ3) is 4.13. The molecule has 1 aromatic carbocycles. The summed E-state index contributed by atoms with van der Waals surface area (Å²) in [6.07, 6.45) is 4.80. The summed E-state index contributed by atoms with van der Waals surface area (Å²) in [6.45, 7) is 1.42. The number of aliphatic imine (C=N–C) groups is 1. The Morgan fingerprint density at radius 2 is 1.89 bits per heavy atom. The number of fused-ring (bicyclic) bond motifs is 1. The minimum absolute atomic E-state index is 0.0212. The minimum Gasteiger partial charge on any atom is -0.355 e. The third-order valence-electron chi connectivity index (χ3n) is 5.83. The number of anilines is 1. The van der Waals surface area contributed by atoms with E-state index in [1.165, 1.54) is 5.56 Å². The summed E-state index contributed by atoms with van der Waals surface area (Å²) in [7, 11) is 5.30. The lowest BCUT2D eigenvalue weighted by Gasteiger charge is -2.31. The number of carbonyl (C=O) groups excluding carboxylic acids is 2. The Kier molecular flexibility index (Phi) is 6.21. The van der Waals surface area contributed by atoms with Gasteiger partial charge in [0.2, 0.25) is 11.8 Å². The molecule has 1 aromatic rings. The first-order valence-electron chi connectivity index (χ1n) is 10.0. The molecule has 0 spiro atoms. The van der Waals surface area contributed by atoms with Crippen molar-refractivity contribution in [1.82, 2.24) is 15.5 Å². The average molecular weight is 386 g/mol. The lowest BCUT2D eigenvalue weighted by atomic mass is 9.84. The van der Waals surface area contributed by atoms with Gasteiger partial charge in [-0.1, -0.05) is 31.0 Å². The van der Waals surface area contributed by atoms with E-state index in [1.807, 2.05) is 37.2 Å². The van der Waals surface area contributed by atoms with Gasteiger partial charge >= 0.3 is 0 Å². The van der Waals surface area contributed by atoms with Gasteiger partial charge in [0.1, 0.15) is 0 Å². The molecule has 0 bridgehead atoms. The van der Waals surface area contributed by atoms with Crippen LogP contribution >= 0.6 is 0 Å². The zero-order valence-electron chi connectivity index (χ0n) is 17.1. The van der Waals surface area contributed by atoms with E-state index in [0.717, 1.165) is 37.8 Å². The van der Waals surface area contributed by atoms with Crippen LogP contribution in [0.4, 0.5) is 5.69 Å². The van der Waals surface area contributed by atoms with Crippen LogP contribution in [0.25, 0.3) is 0 Å². The number of para-hydroxylation sites is 1. The molecular formula is C21H31N5O2. The smallest absolute Gasteiger partial charge is 0.246 e. The van der Waals surface area contributed by atoms with E-state index in [-0.39, 0.29) is 23.8 Å². The van der Waals surface area contributed by atoms with Crippen LogP contribution in [0.15, 0.2) is 29.3 Å². The molecule has 0 saturated heterocycles. The Morgan fingerprint density at radius 3 is 2.57 bits per heavy atom. The van der Waals surface area contributed by atoms with Gasteiger partial charge in [0.05, 0.1) is 12.0 Å². The second-order valence-corrected chi connectivity index (χ2v) is 7.89. The standard InChI is InChI=1S/C21H31N5O2/c1-22-20(24-15-21(11-6-7-12-21)19(28)25(2)3)23-14-18(27)26-13-10-16-8-4-5-9-17(16)26/h4-5,8-9H,6-7,10-15H2,1-3H3,(H2,22,23,24). The van der Waals surface area contributed by atoms with Crippen molar-refractivity contribution < 1.29 is 9.59 Å². The number of hydrogen-bond acceptors (Lipinski definition) is 3. The number of guanidine groups is 1. The van der Waals surface area contributed by atoms with Gasteiger partial charge in [0.15, 0.2) is 5.96 Å². The van der Waals surface area contributed by atoms with Gasteiger partial charge in [-0.05, 0) is 30.9 Å². The van der Waals surface area contributed by atoms with Crippen molar-refractivity contribution in [2.24, 2.45) is 10.4 Å². The highest BCUT2D eigenvalue weighted by molar-refractivity contribution is 5.98. The Bertz CT molecular complexity index is 753. The van der Waals surface area contributed by atoms with Crippen LogP contribution in [0.3, 0.4) is 0 Å². The maximum absolute atomic E-state index is 12.7. The van der Waals surface area contributed by atoms with Crippen LogP contribution < -0.4 is 15.5 Å². The van der Waals surface area contributed by atoms with Crippen LogP contribution in [0.1, 0.15) is 31.2 Å². The summed E-state index contributed by atoms with van der Waals surface area (Å²) in [6, 6.07) is 8.02. The van der Waals surface area contributed by atoms with Gasteiger partial charge in [-0.2, -0.15) is 0 Å². The van der Waals surface area contributed by atoms with Gasteiger partial charge in [0, 0.05) is 39.9 Å². The van der Waals surface area contributed by atoms with Gasteiger partial charge in [-0.15, -0.1) is 0 Å². The van der Waals surface area contributed by atoms with Crippen molar-refractivity contribution in [3.8, 4) is 0 Å². The van der Waals surface area contributed by atoms with Crippen LogP contribution in [0.5, 0.6) is 0 Å². The molecule has 0 atom stereocenters. The maximum atomic E-state index is 12.7. The summed E-state index contributed by atoms with van der Waals surface area (Å²) < 4.78 is 0. The fraction of sp³-hybridized carbons (Fsp3) is 0.571. The molecule has 0 unspecified atom stereocenters. The van der Waals surface area contributed by atoms with Crippen molar-refractivity contribution in [3.63, 3.8) is 0 Å². The van der Waals surface area contributed by atoms with Crippen molar-refractivity contribution in [2.75, 3.05) is 45.7 Å². The Labute approximate surface area is 167 Å². The summed E-state index contributed by atoms with van der Waals surface area (Å²) in [5.41, 5.74) is 1.83. The largest absolute Gasteiger partial charge is 0.355 e. The predicted molar refractivity (Wildman–Crippen MR) is 111 cm³/mol. The van der Waals surface area contributed by atoms with E-state index < -0.39 is 0 Å². The predicted octanol–water partition coefficient (Wildman–Crippen LogP) is 1.39. The number of carbonyl (C=O) groups is 2. The molecule has 1 aliphatic carbocycles. The zero-order valence-corrected chi connectivity index (χ0v) is 17.1. The number of benzene rings is 1. The zero-order chi connectivity index (χ0) is 20.1. The topological polar surface area (TPSA) is 77.0 Å². The first-order valence-corrected chi connectivity index (χ1v) is 10.0. The van der Waals surface area contributed by atoms with Crippen molar-refractivity contribution in [3.05, 3.63) is 29.8 Å².